The first-order valence-corrected chi connectivity index (χ1v) is 6.20. The second-order valence-electron chi connectivity index (χ2n) is 4.58. The molecule has 0 saturated heterocycles. The van der Waals surface area contributed by atoms with Crippen LogP contribution in [-0.2, 0) is 14.2 Å². The summed E-state index contributed by atoms with van der Waals surface area (Å²) in [5.41, 5.74) is 6.16. The molecule has 0 amide bonds. The van der Waals surface area contributed by atoms with Crippen LogP contribution in [0.5, 0.6) is 0 Å². The van der Waals surface area contributed by atoms with Gasteiger partial charge >= 0.3 is 0 Å². The van der Waals surface area contributed by atoms with Crippen molar-refractivity contribution in [1.82, 2.24) is 0 Å². The van der Waals surface area contributed by atoms with Crippen LogP contribution >= 0.6 is 0 Å². The van der Waals surface area contributed by atoms with Crippen molar-refractivity contribution in [2.24, 2.45) is 5.73 Å². The quantitative estimate of drug-likeness (QED) is 0.640. The molecule has 4 nitrogen and oxygen atoms in total. The van der Waals surface area contributed by atoms with Gasteiger partial charge in [0.1, 0.15) is 0 Å². The number of nitrogens with two attached hydrogens (primary N) is 1. The summed E-state index contributed by atoms with van der Waals surface area (Å²) in [6.45, 7) is 3.19. The summed E-state index contributed by atoms with van der Waals surface area (Å²) in [5, 5.41) is 0. The van der Waals surface area contributed by atoms with Gasteiger partial charge in [-0.2, -0.15) is 0 Å². The van der Waals surface area contributed by atoms with Gasteiger partial charge in [0.15, 0.2) is 0 Å². The first-order valence-electron chi connectivity index (χ1n) is 6.20. The molecule has 1 rings (SSSR count). The fourth-order valence-electron chi connectivity index (χ4n) is 2.04. The van der Waals surface area contributed by atoms with Crippen molar-refractivity contribution >= 4 is 0 Å². The van der Waals surface area contributed by atoms with Gasteiger partial charge in [-0.05, 0) is 12.8 Å². The highest BCUT2D eigenvalue weighted by Gasteiger charge is 2.27. The highest BCUT2D eigenvalue weighted by Crippen LogP contribution is 2.25. The van der Waals surface area contributed by atoms with E-state index in [9.17, 15) is 0 Å². The molecule has 4 heteroatoms. The molecule has 96 valence electrons. The largest absolute Gasteiger partial charge is 0.382 e. The maximum absolute atomic E-state index is 6.24. The minimum Gasteiger partial charge on any atom is -0.382 e. The van der Waals surface area contributed by atoms with Crippen molar-refractivity contribution in [2.75, 3.05) is 40.1 Å². The molecule has 0 unspecified atom stereocenters. The minimum atomic E-state index is -0.0786. The monoisotopic (exact) mass is 231 g/mol. The molecule has 0 heterocycles. The van der Waals surface area contributed by atoms with Crippen molar-refractivity contribution in [3.8, 4) is 0 Å². The molecule has 0 aromatic rings. The Kier molecular flexibility index (Phi) is 6.96. The van der Waals surface area contributed by atoms with Gasteiger partial charge in [-0.25, -0.2) is 0 Å². The maximum atomic E-state index is 6.24. The van der Waals surface area contributed by atoms with Gasteiger partial charge in [0.05, 0.1) is 33.0 Å². The van der Waals surface area contributed by atoms with Crippen LogP contribution in [0, 0.1) is 0 Å². The van der Waals surface area contributed by atoms with E-state index >= 15 is 0 Å². The first-order chi connectivity index (χ1) is 7.77. The Balaban J connectivity index is 1.93. The zero-order valence-corrected chi connectivity index (χ0v) is 10.4. The van der Waals surface area contributed by atoms with Crippen molar-refractivity contribution in [3.63, 3.8) is 0 Å². The zero-order chi connectivity index (χ0) is 11.7. The molecular formula is C12H25NO3. The van der Waals surface area contributed by atoms with E-state index in [1.165, 1.54) is 19.3 Å². The molecule has 0 spiro atoms. The van der Waals surface area contributed by atoms with Crippen LogP contribution in [0.1, 0.15) is 32.1 Å². The van der Waals surface area contributed by atoms with E-state index in [4.69, 9.17) is 19.9 Å². The molecule has 0 radical (unpaired) electrons. The van der Waals surface area contributed by atoms with Crippen LogP contribution in [0.2, 0.25) is 0 Å². The fourth-order valence-corrected chi connectivity index (χ4v) is 2.04. The molecule has 0 bridgehead atoms. The minimum absolute atomic E-state index is 0.0786. The maximum Gasteiger partial charge on any atom is 0.0701 e. The lowest BCUT2D eigenvalue weighted by Gasteiger charge is -2.32. The van der Waals surface area contributed by atoms with E-state index in [2.05, 4.69) is 0 Å². The van der Waals surface area contributed by atoms with Crippen LogP contribution in [0.15, 0.2) is 0 Å². The molecular weight excluding hydrogens is 206 g/mol. The Morgan fingerprint density at radius 1 is 0.938 bits per heavy atom. The van der Waals surface area contributed by atoms with Gasteiger partial charge in [0.2, 0.25) is 0 Å². The van der Waals surface area contributed by atoms with Gasteiger partial charge in [-0.1, -0.05) is 19.3 Å². The molecule has 16 heavy (non-hydrogen) atoms. The van der Waals surface area contributed by atoms with Gasteiger partial charge < -0.3 is 19.9 Å². The third-order valence-corrected chi connectivity index (χ3v) is 3.04. The number of rotatable bonds is 8. The van der Waals surface area contributed by atoms with Crippen molar-refractivity contribution in [3.05, 3.63) is 0 Å². The van der Waals surface area contributed by atoms with Crippen molar-refractivity contribution in [2.45, 2.75) is 37.6 Å². The summed E-state index contributed by atoms with van der Waals surface area (Å²) < 4.78 is 15.7. The Bertz CT molecular complexity index is 170. The van der Waals surface area contributed by atoms with Crippen LogP contribution in [0.25, 0.3) is 0 Å². The Morgan fingerprint density at radius 3 is 2.25 bits per heavy atom. The summed E-state index contributed by atoms with van der Waals surface area (Å²) >= 11 is 0. The lowest BCUT2D eigenvalue weighted by atomic mass is 9.83. The van der Waals surface area contributed by atoms with Gasteiger partial charge in [-0.15, -0.1) is 0 Å². The molecule has 1 aliphatic rings. The molecule has 2 N–H and O–H groups in total. The summed E-state index contributed by atoms with van der Waals surface area (Å²) in [6.07, 6.45) is 5.99. The molecule has 0 aromatic heterocycles. The summed E-state index contributed by atoms with van der Waals surface area (Å²) in [7, 11) is 1.67. The van der Waals surface area contributed by atoms with Gasteiger partial charge in [0, 0.05) is 12.6 Å². The number of ether oxygens (including phenoxy) is 3. The van der Waals surface area contributed by atoms with Gasteiger partial charge in [-0.3, -0.25) is 0 Å². The fraction of sp³-hybridized carbons (Fsp3) is 1.00. The lowest BCUT2D eigenvalue weighted by molar-refractivity contribution is 0.00615. The zero-order valence-electron chi connectivity index (χ0n) is 10.4. The molecule has 0 aromatic carbocycles. The third kappa shape index (κ3) is 5.80. The van der Waals surface area contributed by atoms with Crippen molar-refractivity contribution < 1.29 is 14.2 Å². The van der Waals surface area contributed by atoms with Crippen molar-refractivity contribution in [1.29, 1.82) is 0 Å². The highest BCUT2D eigenvalue weighted by atomic mass is 16.5. The van der Waals surface area contributed by atoms with Crippen LogP contribution < -0.4 is 5.73 Å². The number of hydrogen-bond acceptors (Lipinski definition) is 4. The standard InChI is InChI=1S/C12H25NO3/c1-14-7-8-15-9-10-16-11-12(13)5-3-2-4-6-12/h2-11,13H2,1H3. The normalized spacial score (nSPS) is 19.9. The predicted octanol–water partition coefficient (Wildman–Crippen LogP) is 1.33. The van der Waals surface area contributed by atoms with E-state index < -0.39 is 0 Å². The molecule has 0 atom stereocenters. The molecule has 1 saturated carbocycles. The summed E-state index contributed by atoms with van der Waals surface area (Å²) in [5.74, 6) is 0. The summed E-state index contributed by atoms with van der Waals surface area (Å²) in [4.78, 5) is 0. The molecule has 1 aliphatic carbocycles. The van der Waals surface area contributed by atoms with Crippen LogP contribution in [-0.4, -0.2) is 45.7 Å². The Morgan fingerprint density at radius 2 is 1.56 bits per heavy atom. The van der Waals surface area contributed by atoms with E-state index in [0.29, 0.717) is 33.0 Å². The highest BCUT2D eigenvalue weighted by molar-refractivity contribution is 4.86. The SMILES string of the molecule is COCCOCCOCC1(N)CCCCC1. The average Bonchev–Trinajstić information content (AvgIpc) is 2.29. The Hall–Kier alpha value is -0.160. The van der Waals surface area contributed by atoms with E-state index in [1.807, 2.05) is 0 Å². The smallest absolute Gasteiger partial charge is 0.0701 e. The predicted molar refractivity (Wildman–Crippen MR) is 63.5 cm³/mol. The summed E-state index contributed by atoms with van der Waals surface area (Å²) in [6, 6.07) is 0. The van der Waals surface area contributed by atoms with Gasteiger partial charge in [0.25, 0.3) is 0 Å². The third-order valence-electron chi connectivity index (χ3n) is 3.04. The average molecular weight is 231 g/mol. The second-order valence-corrected chi connectivity index (χ2v) is 4.58. The lowest BCUT2D eigenvalue weighted by Crippen LogP contribution is -2.46. The number of methoxy groups -OCH3 is 1. The van der Waals surface area contributed by atoms with E-state index in [-0.39, 0.29) is 5.54 Å². The van der Waals surface area contributed by atoms with Crippen LogP contribution in [0.4, 0.5) is 0 Å². The first kappa shape index (κ1) is 13.9. The number of hydrogen-bond donors (Lipinski definition) is 1. The second kappa shape index (κ2) is 8.01. The molecule has 0 aliphatic heterocycles. The van der Waals surface area contributed by atoms with E-state index in [1.54, 1.807) is 7.11 Å². The molecule has 1 fully saturated rings. The Labute approximate surface area is 98.4 Å². The topological polar surface area (TPSA) is 53.7 Å². The van der Waals surface area contributed by atoms with E-state index in [0.717, 1.165) is 12.8 Å². The van der Waals surface area contributed by atoms with Crippen LogP contribution in [0.3, 0.4) is 0 Å².